The summed E-state index contributed by atoms with van der Waals surface area (Å²) in [6.07, 6.45) is 10.3. The molecule has 0 saturated carbocycles. The van der Waals surface area contributed by atoms with E-state index in [0.29, 0.717) is 12.4 Å². The molecule has 0 bridgehead atoms. The van der Waals surface area contributed by atoms with Crippen molar-refractivity contribution in [1.29, 1.82) is 0 Å². The van der Waals surface area contributed by atoms with E-state index in [1.54, 1.807) is 23.3 Å². The SMILES string of the molecule is OCCn1cc(-c2cc3nccnc3c(NCC3=CCCNC3)n2)cn1. The van der Waals surface area contributed by atoms with Crippen molar-refractivity contribution in [3.8, 4) is 11.3 Å². The highest BCUT2D eigenvalue weighted by Crippen LogP contribution is 2.25. The summed E-state index contributed by atoms with van der Waals surface area (Å²) in [6, 6.07) is 1.91. The average Bonchev–Trinajstić information content (AvgIpc) is 3.16. The number of hydrogen-bond acceptors (Lipinski definition) is 7. The maximum atomic E-state index is 9.06. The highest BCUT2D eigenvalue weighted by molar-refractivity contribution is 5.88. The van der Waals surface area contributed by atoms with Crippen molar-refractivity contribution in [2.45, 2.75) is 13.0 Å². The van der Waals surface area contributed by atoms with Gasteiger partial charge in [0.05, 0.1) is 30.6 Å². The van der Waals surface area contributed by atoms with Gasteiger partial charge >= 0.3 is 0 Å². The number of aliphatic hydroxyl groups excluding tert-OH is 1. The molecule has 4 heterocycles. The fourth-order valence-electron chi connectivity index (χ4n) is 3.00. The van der Waals surface area contributed by atoms with E-state index in [4.69, 9.17) is 10.1 Å². The summed E-state index contributed by atoms with van der Waals surface area (Å²) in [7, 11) is 0. The van der Waals surface area contributed by atoms with Gasteiger partial charge in [0.25, 0.3) is 0 Å². The van der Waals surface area contributed by atoms with Crippen molar-refractivity contribution >= 4 is 16.9 Å². The summed E-state index contributed by atoms with van der Waals surface area (Å²) in [5, 5.41) is 20.1. The molecular weight excluding hydrogens is 330 g/mol. The Labute approximate surface area is 151 Å². The van der Waals surface area contributed by atoms with Crippen molar-refractivity contribution in [3.63, 3.8) is 0 Å². The predicted octanol–water partition coefficient (Wildman–Crippen LogP) is 1.21. The third-order valence-corrected chi connectivity index (χ3v) is 4.30. The summed E-state index contributed by atoms with van der Waals surface area (Å²) >= 11 is 0. The minimum atomic E-state index is 0.0493. The van der Waals surface area contributed by atoms with E-state index in [-0.39, 0.29) is 6.61 Å². The zero-order chi connectivity index (χ0) is 17.8. The van der Waals surface area contributed by atoms with E-state index in [0.717, 1.165) is 48.3 Å². The maximum Gasteiger partial charge on any atom is 0.155 e. The molecule has 3 N–H and O–H groups in total. The molecule has 0 fully saturated rings. The van der Waals surface area contributed by atoms with Crippen LogP contribution < -0.4 is 10.6 Å². The Bertz CT molecular complexity index is 934. The number of pyridine rings is 1. The number of aromatic nitrogens is 5. The maximum absolute atomic E-state index is 9.06. The molecule has 26 heavy (non-hydrogen) atoms. The molecule has 0 saturated heterocycles. The topological polar surface area (TPSA) is 101 Å². The van der Waals surface area contributed by atoms with Crippen LogP contribution in [-0.4, -0.2) is 56.1 Å². The van der Waals surface area contributed by atoms with Crippen LogP contribution in [0.3, 0.4) is 0 Å². The average molecular weight is 351 g/mol. The Morgan fingerprint density at radius 3 is 3.04 bits per heavy atom. The van der Waals surface area contributed by atoms with Gasteiger partial charge in [0.2, 0.25) is 0 Å². The smallest absolute Gasteiger partial charge is 0.155 e. The quantitative estimate of drug-likeness (QED) is 0.574. The van der Waals surface area contributed by atoms with Gasteiger partial charge in [-0.25, -0.2) is 9.97 Å². The first-order valence-corrected chi connectivity index (χ1v) is 8.71. The standard InChI is InChI=1S/C18H21N7O/c26-7-6-25-12-14(11-23-25)15-8-16-17(21-5-4-20-16)18(24-15)22-10-13-2-1-3-19-9-13/h2,4-5,8,11-12,19,26H,1,3,6-7,9-10H2,(H,22,24). The number of nitrogens with zero attached hydrogens (tertiary/aromatic N) is 5. The summed E-state index contributed by atoms with van der Waals surface area (Å²) in [4.78, 5) is 13.6. The Kier molecular flexibility index (Phi) is 4.85. The summed E-state index contributed by atoms with van der Waals surface area (Å²) in [5.41, 5.74) is 4.51. The van der Waals surface area contributed by atoms with Crippen LogP contribution in [-0.2, 0) is 6.54 Å². The highest BCUT2D eigenvalue weighted by Gasteiger charge is 2.12. The largest absolute Gasteiger partial charge is 0.394 e. The van der Waals surface area contributed by atoms with Gasteiger partial charge in [-0.15, -0.1) is 0 Å². The van der Waals surface area contributed by atoms with Gasteiger partial charge in [-0.1, -0.05) is 6.08 Å². The second-order valence-electron chi connectivity index (χ2n) is 6.18. The lowest BCUT2D eigenvalue weighted by Crippen LogP contribution is -2.25. The fourth-order valence-corrected chi connectivity index (χ4v) is 3.00. The van der Waals surface area contributed by atoms with Crippen LogP contribution in [0.1, 0.15) is 6.42 Å². The first kappa shape index (κ1) is 16.6. The number of hydrogen-bond donors (Lipinski definition) is 3. The third kappa shape index (κ3) is 3.56. The van der Waals surface area contributed by atoms with Gasteiger partial charge < -0.3 is 15.7 Å². The first-order chi connectivity index (χ1) is 12.8. The molecule has 0 unspecified atom stereocenters. The molecular formula is C18H21N7O. The van der Waals surface area contributed by atoms with E-state index >= 15 is 0 Å². The lowest BCUT2D eigenvalue weighted by atomic mass is 10.1. The van der Waals surface area contributed by atoms with Gasteiger partial charge in [0.15, 0.2) is 5.82 Å². The zero-order valence-electron chi connectivity index (χ0n) is 14.4. The third-order valence-electron chi connectivity index (χ3n) is 4.30. The molecule has 0 spiro atoms. The van der Waals surface area contributed by atoms with Gasteiger partial charge in [-0.2, -0.15) is 5.10 Å². The van der Waals surface area contributed by atoms with Crippen molar-refractivity contribution < 1.29 is 5.11 Å². The lowest BCUT2D eigenvalue weighted by Gasteiger charge is -2.16. The van der Waals surface area contributed by atoms with Gasteiger partial charge in [0, 0.05) is 37.2 Å². The molecule has 3 aromatic rings. The van der Waals surface area contributed by atoms with Crippen LogP contribution in [0.5, 0.6) is 0 Å². The molecule has 0 aliphatic carbocycles. The van der Waals surface area contributed by atoms with E-state index in [1.807, 2.05) is 12.3 Å². The van der Waals surface area contributed by atoms with Crippen LogP contribution in [0, 0.1) is 0 Å². The number of anilines is 1. The molecule has 134 valence electrons. The number of aliphatic hydroxyl groups is 1. The Morgan fingerprint density at radius 2 is 2.19 bits per heavy atom. The van der Waals surface area contributed by atoms with Crippen LogP contribution in [0.4, 0.5) is 5.82 Å². The minimum absolute atomic E-state index is 0.0493. The van der Waals surface area contributed by atoms with Gasteiger partial charge in [-0.05, 0) is 24.6 Å². The van der Waals surface area contributed by atoms with Crippen molar-refractivity contribution in [2.75, 3.05) is 31.6 Å². The fraction of sp³-hybridized carbons (Fsp3) is 0.333. The molecule has 0 radical (unpaired) electrons. The monoisotopic (exact) mass is 351 g/mol. The molecule has 8 heteroatoms. The van der Waals surface area contributed by atoms with E-state index in [2.05, 4.69) is 31.8 Å². The molecule has 0 amide bonds. The van der Waals surface area contributed by atoms with E-state index in [9.17, 15) is 0 Å². The molecule has 8 nitrogen and oxygen atoms in total. The normalized spacial score (nSPS) is 14.4. The van der Waals surface area contributed by atoms with Crippen LogP contribution in [0.2, 0.25) is 0 Å². The summed E-state index contributed by atoms with van der Waals surface area (Å²) in [6.45, 7) is 3.15. The molecule has 4 rings (SSSR count). The summed E-state index contributed by atoms with van der Waals surface area (Å²) < 4.78 is 1.70. The highest BCUT2D eigenvalue weighted by atomic mass is 16.3. The second-order valence-corrected chi connectivity index (χ2v) is 6.18. The van der Waals surface area contributed by atoms with E-state index < -0.39 is 0 Å². The second kappa shape index (κ2) is 7.59. The van der Waals surface area contributed by atoms with Crippen molar-refractivity contribution in [2.24, 2.45) is 0 Å². The Hall–Kier alpha value is -2.84. The van der Waals surface area contributed by atoms with Gasteiger partial charge in [0.1, 0.15) is 5.52 Å². The number of nitrogens with one attached hydrogen (secondary N) is 2. The van der Waals surface area contributed by atoms with E-state index in [1.165, 1.54) is 5.57 Å². The molecule has 1 aliphatic rings. The molecule has 0 aromatic carbocycles. The molecule has 0 atom stereocenters. The lowest BCUT2D eigenvalue weighted by molar-refractivity contribution is 0.269. The first-order valence-electron chi connectivity index (χ1n) is 8.71. The number of rotatable bonds is 6. The van der Waals surface area contributed by atoms with Crippen LogP contribution in [0.15, 0.2) is 42.5 Å². The molecule has 3 aromatic heterocycles. The van der Waals surface area contributed by atoms with Crippen LogP contribution in [0.25, 0.3) is 22.3 Å². The van der Waals surface area contributed by atoms with Crippen LogP contribution >= 0.6 is 0 Å². The Morgan fingerprint density at radius 1 is 1.27 bits per heavy atom. The minimum Gasteiger partial charge on any atom is -0.394 e. The predicted molar refractivity (Wildman–Crippen MR) is 99.7 cm³/mol. The van der Waals surface area contributed by atoms with Gasteiger partial charge in [-0.3, -0.25) is 9.67 Å². The molecule has 1 aliphatic heterocycles. The summed E-state index contributed by atoms with van der Waals surface area (Å²) in [5.74, 6) is 0.715. The Balaban J connectivity index is 1.67. The van der Waals surface area contributed by atoms with Crippen molar-refractivity contribution in [3.05, 3.63) is 42.5 Å². The van der Waals surface area contributed by atoms with Crippen molar-refractivity contribution in [1.82, 2.24) is 30.0 Å². The number of fused-ring (bicyclic) bond motifs is 1. The zero-order valence-corrected chi connectivity index (χ0v) is 14.4.